The highest BCUT2D eigenvalue weighted by molar-refractivity contribution is 6.16. The van der Waals surface area contributed by atoms with E-state index in [0.29, 0.717) is 16.9 Å². The number of nitrogens with zero attached hydrogens (tertiary/aromatic N) is 3. The first-order valence-electron chi connectivity index (χ1n) is 8.05. The molecule has 6 heteroatoms. The van der Waals surface area contributed by atoms with Gasteiger partial charge in [-0.25, -0.2) is 4.68 Å². The van der Waals surface area contributed by atoms with Gasteiger partial charge in [-0.15, -0.1) is 0 Å². The van der Waals surface area contributed by atoms with E-state index in [-0.39, 0.29) is 11.8 Å². The van der Waals surface area contributed by atoms with E-state index in [4.69, 9.17) is 0 Å². The van der Waals surface area contributed by atoms with Crippen LogP contribution in [0.5, 0.6) is 0 Å². The number of hydrogen-bond acceptors (Lipinski definition) is 3. The van der Waals surface area contributed by atoms with E-state index in [1.165, 1.54) is 0 Å². The van der Waals surface area contributed by atoms with Crippen LogP contribution in [0.1, 0.15) is 38.3 Å². The molecule has 1 atom stereocenters. The van der Waals surface area contributed by atoms with Gasteiger partial charge in [0.15, 0.2) is 5.69 Å². The summed E-state index contributed by atoms with van der Waals surface area (Å²) < 4.78 is 1.76. The van der Waals surface area contributed by atoms with E-state index >= 15 is 0 Å². The van der Waals surface area contributed by atoms with Gasteiger partial charge in [-0.05, 0) is 31.2 Å². The molecule has 0 aliphatic carbocycles. The summed E-state index contributed by atoms with van der Waals surface area (Å²) in [5.41, 5.74) is 4.02. The summed E-state index contributed by atoms with van der Waals surface area (Å²) in [6, 6.07) is 16.8. The van der Waals surface area contributed by atoms with Crippen LogP contribution in [0.15, 0.2) is 54.6 Å². The van der Waals surface area contributed by atoms with E-state index in [9.17, 15) is 9.59 Å². The van der Waals surface area contributed by atoms with Crippen LogP contribution in [0.25, 0.3) is 5.69 Å². The average molecular weight is 330 g/mol. The molecule has 0 saturated carbocycles. The zero-order valence-electron chi connectivity index (χ0n) is 13.4. The normalized spacial score (nSPS) is 17.8. The maximum atomic E-state index is 13.0. The number of benzene rings is 2. The van der Waals surface area contributed by atoms with Crippen molar-refractivity contribution in [2.75, 3.05) is 4.90 Å². The van der Waals surface area contributed by atoms with E-state index in [1.807, 2.05) is 43.3 Å². The zero-order valence-corrected chi connectivity index (χ0v) is 13.4. The van der Waals surface area contributed by atoms with E-state index in [0.717, 1.165) is 16.9 Å². The molecule has 0 bridgehead atoms. The predicted octanol–water partition coefficient (Wildman–Crippen LogP) is 2.58. The van der Waals surface area contributed by atoms with Crippen molar-refractivity contribution in [3.63, 3.8) is 0 Å². The zero-order chi connectivity index (χ0) is 17.1. The minimum atomic E-state index is -0.512. The summed E-state index contributed by atoms with van der Waals surface area (Å²) in [4.78, 5) is 27.1. The van der Waals surface area contributed by atoms with Crippen molar-refractivity contribution in [3.8, 4) is 5.69 Å². The Bertz CT molecular complexity index is 1040. The summed E-state index contributed by atoms with van der Waals surface area (Å²) in [5, 5.41) is 7.48. The highest BCUT2D eigenvalue weighted by atomic mass is 16.2. The molecule has 5 rings (SSSR count). The lowest BCUT2D eigenvalue weighted by atomic mass is 10.1. The summed E-state index contributed by atoms with van der Waals surface area (Å²) in [5.74, 6) is -0.366. The minimum absolute atomic E-state index is 0.177. The fourth-order valence-corrected chi connectivity index (χ4v) is 3.64. The number of nitrogens with one attached hydrogen (secondary N) is 1. The van der Waals surface area contributed by atoms with Gasteiger partial charge in [-0.2, -0.15) is 5.10 Å². The topological polar surface area (TPSA) is 67.2 Å². The van der Waals surface area contributed by atoms with Gasteiger partial charge in [0.2, 0.25) is 0 Å². The molecule has 3 heterocycles. The molecule has 2 aromatic carbocycles. The third-order valence-electron chi connectivity index (χ3n) is 4.79. The Morgan fingerprint density at radius 1 is 1.00 bits per heavy atom. The summed E-state index contributed by atoms with van der Waals surface area (Å²) >= 11 is 0. The largest absolute Gasteiger partial charge is 0.327 e. The Morgan fingerprint density at radius 2 is 1.72 bits per heavy atom. The molecule has 1 unspecified atom stereocenters. The van der Waals surface area contributed by atoms with Crippen molar-refractivity contribution in [2.45, 2.75) is 13.1 Å². The third-order valence-corrected chi connectivity index (χ3v) is 4.79. The Kier molecular flexibility index (Phi) is 2.68. The molecular formula is C19H14N4O2. The number of aromatic nitrogens is 2. The Hall–Kier alpha value is -3.41. The lowest BCUT2D eigenvalue weighted by molar-refractivity contribution is 0.0910. The number of carbonyl (C=O) groups is 2. The fourth-order valence-electron chi connectivity index (χ4n) is 3.64. The van der Waals surface area contributed by atoms with Crippen LogP contribution < -0.4 is 10.2 Å². The van der Waals surface area contributed by atoms with Gasteiger partial charge >= 0.3 is 0 Å². The van der Waals surface area contributed by atoms with Crippen LogP contribution >= 0.6 is 0 Å². The minimum Gasteiger partial charge on any atom is -0.327 e. The van der Waals surface area contributed by atoms with Crippen molar-refractivity contribution >= 4 is 17.5 Å². The van der Waals surface area contributed by atoms with Gasteiger partial charge in [0.05, 0.1) is 16.9 Å². The lowest BCUT2D eigenvalue weighted by Gasteiger charge is -2.32. The molecule has 0 radical (unpaired) electrons. The fraction of sp³-hybridized carbons (Fsp3) is 0.105. The highest BCUT2D eigenvalue weighted by Gasteiger charge is 2.46. The number of amides is 2. The molecule has 3 aromatic rings. The Morgan fingerprint density at radius 3 is 2.52 bits per heavy atom. The molecule has 122 valence electrons. The highest BCUT2D eigenvalue weighted by Crippen LogP contribution is 2.41. The molecule has 2 aliphatic rings. The van der Waals surface area contributed by atoms with Crippen LogP contribution in [0.2, 0.25) is 0 Å². The third kappa shape index (κ3) is 1.76. The SMILES string of the molecule is Cc1c2c(nn1-c1ccccc1)C(=O)N1c3ccccc3C(=O)NC21. The van der Waals surface area contributed by atoms with Crippen molar-refractivity contribution in [1.82, 2.24) is 15.1 Å². The molecule has 0 spiro atoms. The van der Waals surface area contributed by atoms with Gasteiger partial charge in [0.1, 0.15) is 6.17 Å². The number of carbonyl (C=O) groups excluding carboxylic acids is 2. The summed E-state index contributed by atoms with van der Waals surface area (Å²) in [6.45, 7) is 1.92. The number of rotatable bonds is 1. The van der Waals surface area contributed by atoms with E-state index < -0.39 is 6.17 Å². The van der Waals surface area contributed by atoms with Gasteiger partial charge in [0.25, 0.3) is 11.8 Å². The first-order valence-corrected chi connectivity index (χ1v) is 8.05. The number of anilines is 1. The maximum absolute atomic E-state index is 13.0. The van der Waals surface area contributed by atoms with E-state index in [2.05, 4.69) is 10.4 Å². The van der Waals surface area contributed by atoms with Crippen molar-refractivity contribution in [1.29, 1.82) is 0 Å². The van der Waals surface area contributed by atoms with Crippen LogP contribution in [0, 0.1) is 6.92 Å². The first kappa shape index (κ1) is 14.0. The van der Waals surface area contributed by atoms with Crippen molar-refractivity contribution < 1.29 is 9.59 Å². The van der Waals surface area contributed by atoms with Crippen LogP contribution in [-0.4, -0.2) is 21.6 Å². The molecule has 25 heavy (non-hydrogen) atoms. The van der Waals surface area contributed by atoms with Gasteiger partial charge in [-0.3, -0.25) is 14.5 Å². The second-order valence-corrected chi connectivity index (χ2v) is 6.16. The lowest BCUT2D eigenvalue weighted by Crippen LogP contribution is -2.45. The van der Waals surface area contributed by atoms with Gasteiger partial charge < -0.3 is 5.32 Å². The molecule has 0 saturated heterocycles. The van der Waals surface area contributed by atoms with Crippen LogP contribution in [0.3, 0.4) is 0 Å². The molecule has 2 aliphatic heterocycles. The first-order chi connectivity index (χ1) is 12.2. The van der Waals surface area contributed by atoms with Gasteiger partial charge in [-0.1, -0.05) is 30.3 Å². The molecule has 6 nitrogen and oxygen atoms in total. The summed E-state index contributed by atoms with van der Waals surface area (Å²) in [7, 11) is 0. The molecule has 2 amide bonds. The Labute approximate surface area is 143 Å². The standard InChI is InChI=1S/C19H14N4O2/c1-11-15-16(21-23(11)12-7-3-2-4-8-12)19(25)22-14-10-6-5-9-13(14)18(24)20-17(15)22/h2-10,17H,1H3,(H,20,24). The number of fused-ring (bicyclic) bond motifs is 5. The van der Waals surface area contributed by atoms with Crippen molar-refractivity contribution in [2.24, 2.45) is 0 Å². The maximum Gasteiger partial charge on any atom is 0.281 e. The Balaban J connectivity index is 1.69. The second kappa shape index (κ2) is 4.80. The van der Waals surface area contributed by atoms with Gasteiger partial charge in [0, 0.05) is 11.3 Å². The monoisotopic (exact) mass is 330 g/mol. The average Bonchev–Trinajstić information content (AvgIpc) is 3.12. The molecule has 1 aromatic heterocycles. The van der Waals surface area contributed by atoms with Crippen LogP contribution in [-0.2, 0) is 0 Å². The summed E-state index contributed by atoms with van der Waals surface area (Å²) in [6.07, 6.45) is -0.512. The smallest absolute Gasteiger partial charge is 0.281 e. The van der Waals surface area contributed by atoms with E-state index in [1.54, 1.807) is 27.8 Å². The number of hydrogen-bond donors (Lipinski definition) is 1. The molecule has 1 N–H and O–H groups in total. The molecular weight excluding hydrogens is 316 g/mol. The van der Waals surface area contributed by atoms with Crippen molar-refractivity contribution in [3.05, 3.63) is 77.1 Å². The second-order valence-electron chi connectivity index (χ2n) is 6.16. The predicted molar refractivity (Wildman–Crippen MR) is 91.8 cm³/mol. The molecule has 0 fully saturated rings. The van der Waals surface area contributed by atoms with Crippen LogP contribution in [0.4, 0.5) is 5.69 Å². The quantitative estimate of drug-likeness (QED) is 0.746. The number of para-hydroxylation sites is 2.